The lowest BCUT2D eigenvalue weighted by atomic mass is 9.98. The summed E-state index contributed by atoms with van der Waals surface area (Å²) >= 11 is 0. The van der Waals surface area contributed by atoms with E-state index in [1.165, 1.54) is 34.4 Å². The van der Waals surface area contributed by atoms with Crippen molar-refractivity contribution >= 4 is 23.2 Å². The van der Waals surface area contributed by atoms with Gasteiger partial charge in [-0.1, -0.05) is 48.5 Å². The largest absolute Gasteiger partial charge is 0.449 e. The standard InChI is InChI=1S/C44H62N4O16/c49-44(64-35-41-39-8-3-1-6-37(39)38-7-2-4-9-40(38)41)46-12-5-14-54-16-18-56-20-22-58-24-26-60-28-30-62-32-33-63-31-29-61-27-25-59-23-21-57-19-17-55-15-13-45-42-11-10-36(47(50)51)34-43(42)48(52)53/h1-4,6-11,34,41,45H,5,12-33,35H2,(H,46,49). The highest BCUT2D eigenvalue weighted by Gasteiger charge is 2.29. The van der Waals surface area contributed by atoms with E-state index in [1.807, 2.05) is 24.3 Å². The minimum Gasteiger partial charge on any atom is -0.449 e. The maximum absolute atomic E-state index is 12.3. The number of rotatable bonds is 39. The van der Waals surface area contributed by atoms with Crippen molar-refractivity contribution in [3.63, 3.8) is 0 Å². The number of ether oxygens (including phenoxy) is 11. The number of nitrogens with one attached hydrogen (secondary N) is 2. The molecule has 20 nitrogen and oxygen atoms in total. The molecule has 1 aliphatic carbocycles. The average Bonchev–Trinajstić information content (AvgIpc) is 3.62. The van der Waals surface area contributed by atoms with Crippen LogP contribution in [0.1, 0.15) is 23.5 Å². The normalized spacial score (nSPS) is 11.9. The van der Waals surface area contributed by atoms with Crippen LogP contribution in [-0.2, 0) is 52.1 Å². The zero-order valence-corrected chi connectivity index (χ0v) is 36.3. The van der Waals surface area contributed by atoms with Crippen LogP contribution < -0.4 is 10.6 Å². The Balaban J connectivity index is 0.782. The lowest BCUT2D eigenvalue weighted by Gasteiger charge is -2.14. The van der Waals surface area contributed by atoms with Crippen LogP contribution in [0.3, 0.4) is 0 Å². The van der Waals surface area contributed by atoms with Crippen molar-refractivity contribution in [1.82, 2.24) is 5.32 Å². The van der Waals surface area contributed by atoms with Gasteiger partial charge in [0.15, 0.2) is 0 Å². The summed E-state index contributed by atoms with van der Waals surface area (Å²) in [4.78, 5) is 32.9. The van der Waals surface area contributed by atoms with E-state index in [0.717, 1.165) is 6.07 Å². The number of hydrogen-bond acceptors (Lipinski definition) is 17. The second-order valence-electron chi connectivity index (χ2n) is 13.9. The molecule has 3 aromatic carbocycles. The Morgan fingerprint density at radius 2 is 0.906 bits per heavy atom. The predicted octanol–water partition coefficient (Wildman–Crippen LogP) is 5.01. The van der Waals surface area contributed by atoms with Crippen molar-refractivity contribution in [3.05, 3.63) is 98.1 Å². The number of amides is 1. The summed E-state index contributed by atoms with van der Waals surface area (Å²) < 4.78 is 60.5. The summed E-state index contributed by atoms with van der Waals surface area (Å²) in [6, 6.07) is 19.9. The van der Waals surface area contributed by atoms with Gasteiger partial charge in [0.05, 0.1) is 141 Å². The lowest BCUT2D eigenvalue weighted by molar-refractivity contribution is -0.393. The van der Waals surface area contributed by atoms with Crippen molar-refractivity contribution in [3.8, 4) is 11.1 Å². The third-order valence-electron chi connectivity index (χ3n) is 9.38. The second kappa shape index (κ2) is 32.7. The molecule has 0 saturated heterocycles. The minimum atomic E-state index is -0.683. The molecule has 3 aromatic rings. The number of nitrogens with zero attached hydrogens (tertiary/aromatic N) is 2. The van der Waals surface area contributed by atoms with Crippen molar-refractivity contribution in [2.24, 2.45) is 0 Å². The smallest absolute Gasteiger partial charge is 0.407 e. The number of hydrogen-bond donors (Lipinski definition) is 2. The summed E-state index contributed by atoms with van der Waals surface area (Å²) in [7, 11) is 0. The Morgan fingerprint density at radius 3 is 1.33 bits per heavy atom. The first-order valence-electron chi connectivity index (χ1n) is 21.5. The number of non-ortho nitro benzene ring substituents is 1. The van der Waals surface area contributed by atoms with Gasteiger partial charge in [-0.05, 0) is 34.7 Å². The lowest BCUT2D eigenvalue weighted by Crippen LogP contribution is -2.27. The summed E-state index contributed by atoms with van der Waals surface area (Å²) in [5, 5.41) is 27.7. The summed E-state index contributed by atoms with van der Waals surface area (Å²) in [5.74, 6) is 0.0370. The van der Waals surface area contributed by atoms with E-state index in [0.29, 0.717) is 145 Å². The fraction of sp³-hybridized carbons (Fsp3) is 0.568. The molecule has 0 radical (unpaired) electrons. The highest BCUT2D eigenvalue weighted by Crippen LogP contribution is 2.44. The van der Waals surface area contributed by atoms with Crippen LogP contribution in [-0.4, -0.2) is 168 Å². The average molecular weight is 903 g/mol. The van der Waals surface area contributed by atoms with Gasteiger partial charge >= 0.3 is 6.09 Å². The molecule has 0 fully saturated rings. The fourth-order valence-electron chi connectivity index (χ4n) is 6.29. The number of nitro benzene ring substituents is 2. The Hall–Kier alpha value is -4.87. The maximum atomic E-state index is 12.3. The SMILES string of the molecule is O=C(NCCCOCCOCCOCCOCCOCCOCCOCCOCCOCCOCCNc1ccc([N+](=O)[O-])cc1[N+](=O)[O-])OCC1c2ccccc2-c2ccccc21. The first-order chi connectivity index (χ1) is 31.5. The molecule has 20 heteroatoms. The molecule has 0 unspecified atom stereocenters. The van der Waals surface area contributed by atoms with Crippen LogP contribution in [0, 0.1) is 20.2 Å². The second-order valence-corrected chi connectivity index (χ2v) is 13.9. The molecular weight excluding hydrogens is 840 g/mol. The molecule has 1 aliphatic rings. The molecule has 0 spiro atoms. The van der Waals surface area contributed by atoms with Gasteiger partial charge in [0, 0.05) is 31.7 Å². The van der Waals surface area contributed by atoms with Crippen LogP contribution in [0.5, 0.6) is 0 Å². The Bertz CT molecular complexity index is 1730. The molecule has 0 aliphatic heterocycles. The summed E-state index contributed by atoms with van der Waals surface area (Å²) in [6.45, 7) is 9.64. The molecule has 64 heavy (non-hydrogen) atoms. The van der Waals surface area contributed by atoms with Gasteiger partial charge < -0.3 is 62.7 Å². The Labute approximate surface area is 373 Å². The Kier molecular flexibility index (Phi) is 26.5. The zero-order chi connectivity index (χ0) is 45.3. The monoisotopic (exact) mass is 902 g/mol. The van der Waals surface area contributed by atoms with Gasteiger partial charge in [-0.25, -0.2) is 4.79 Å². The third kappa shape index (κ3) is 20.8. The third-order valence-corrected chi connectivity index (χ3v) is 9.38. The number of anilines is 1. The molecule has 2 N–H and O–H groups in total. The van der Waals surface area contributed by atoms with Crippen molar-refractivity contribution < 1.29 is 66.7 Å². The van der Waals surface area contributed by atoms with Crippen LogP contribution in [0.15, 0.2) is 66.7 Å². The van der Waals surface area contributed by atoms with Crippen molar-refractivity contribution in [1.29, 1.82) is 0 Å². The molecule has 1 amide bonds. The van der Waals surface area contributed by atoms with E-state index in [4.69, 9.17) is 52.1 Å². The van der Waals surface area contributed by atoms with Gasteiger partial charge in [0.2, 0.25) is 0 Å². The zero-order valence-electron chi connectivity index (χ0n) is 36.3. The molecule has 354 valence electrons. The first-order valence-corrected chi connectivity index (χ1v) is 21.5. The van der Waals surface area contributed by atoms with Crippen LogP contribution in [0.25, 0.3) is 11.1 Å². The van der Waals surface area contributed by atoms with Crippen LogP contribution in [0.2, 0.25) is 0 Å². The highest BCUT2D eigenvalue weighted by atomic mass is 16.6. The van der Waals surface area contributed by atoms with Crippen molar-refractivity contribution in [2.45, 2.75) is 12.3 Å². The van der Waals surface area contributed by atoms with Gasteiger partial charge in [0.1, 0.15) is 12.3 Å². The number of carbonyl (C=O) groups excluding carboxylic acids is 1. The van der Waals surface area contributed by atoms with E-state index in [9.17, 15) is 25.0 Å². The quantitative estimate of drug-likeness (QED) is 0.0436. The van der Waals surface area contributed by atoms with E-state index in [-0.39, 0.29) is 36.1 Å². The van der Waals surface area contributed by atoms with E-state index < -0.39 is 15.9 Å². The molecular formula is C44H62N4O16. The van der Waals surface area contributed by atoms with Gasteiger partial charge in [-0.3, -0.25) is 20.2 Å². The molecule has 0 aromatic heterocycles. The molecule has 0 heterocycles. The molecule has 4 rings (SSSR count). The summed E-state index contributed by atoms with van der Waals surface area (Å²) in [5.41, 5.74) is 4.23. The highest BCUT2D eigenvalue weighted by molar-refractivity contribution is 5.79. The molecule has 0 bridgehead atoms. The topological polar surface area (TPSA) is 229 Å². The molecule has 0 atom stereocenters. The minimum absolute atomic E-state index is 0.0370. The van der Waals surface area contributed by atoms with Gasteiger partial charge in [-0.15, -0.1) is 0 Å². The van der Waals surface area contributed by atoms with E-state index in [2.05, 4.69) is 34.9 Å². The maximum Gasteiger partial charge on any atom is 0.407 e. The Morgan fingerprint density at radius 1 is 0.500 bits per heavy atom. The summed E-state index contributed by atoms with van der Waals surface area (Å²) in [6.07, 6.45) is 0.242. The van der Waals surface area contributed by atoms with Gasteiger partial charge in [-0.2, -0.15) is 0 Å². The number of carbonyl (C=O) groups is 1. The number of fused-ring (bicyclic) bond motifs is 3. The van der Waals surface area contributed by atoms with E-state index in [1.54, 1.807) is 0 Å². The number of benzene rings is 3. The van der Waals surface area contributed by atoms with Crippen molar-refractivity contribution in [2.75, 3.05) is 157 Å². The van der Waals surface area contributed by atoms with Crippen LogP contribution >= 0.6 is 0 Å². The number of alkyl carbamates (subject to hydrolysis) is 1. The first kappa shape index (κ1) is 51.8. The van der Waals surface area contributed by atoms with Crippen LogP contribution in [0.4, 0.5) is 21.9 Å². The van der Waals surface area contributed by atoms with E-state index >= 15 is 0 Å². The van der Waals surface area contributed by atoms with Gasteiger partial charge in [0.25, 0.3) is 11.4 Å². The number of nitro groups is 2. The molecule has 0 saturated carbocycles. The fourth-order valence-corrected chi connectivity index (χ4v) is 6.29. The predicted molar refractivity (Wildman–Crippen MR) is 234 cm³/mol.